The third kappa shape index (κ3) is 2210. The van der Waals surface area contributed by atoms with Crippen molar-refractivity contribution in [3.05, 3.63) is 0 Å². The SMILES string of the molecule is CC.CC=S. The summed E-state index contributed by atoms with van der Waals surface area (Å²) < 4.78 is 0. The van der Waals surface area contributed by atoms with Crippen LogP contribution in [0.1, 0.15) is 20.8 Å². The Morgan fingerprint density at radius 3 is 1.40 bits per heavy atom. The van der Waals surface area contributed by atoms with Gasteiger partial charge in [0.05, 0.1) is 0 Å². The van der Waals surface area contributed by atoms with Gasteiger partial charge in [-0.15, -0.1) is 0 Å². The number of hydrogen-bond donors (Lipinski definition) is 0. The van der Waals surface area contributed by atoms with Crippen LogP contribution < -0.4 is 0 Å². The summed E-state index contributed by atoms with van der Waals surface area (Å²) in [6.45, 7) is 5.81. The molecule has 0 rings (SSSR count). The lowest BCUT2D eigenvalue weighted by Crippen LogP contribution is -1.26. The first-order chi connectivity index (χ1) is 2.41. The van der Waals surface area contributed by atoms with Gasteiger partial charge in [0, 0.05) is 0 Å². The number of hydrogen-bond acceptors (Lipinski definition) is 1. The van der Waals surface area contributed by atoms with E-state index in [1.807, 2.05) is 20.8 Å². The minimum atomic E-state index is 1.58. The molecule has 0 aliphatic heterocycles. The highest BCUT2D eigenvalue weighted by atomic mass is 32.1. The predicted octanol–water partition coefficient (Wildman–Crippen LogP) is 2.03. The Bertz CT molecular complexity index is 11.1. The fourth-order valence-corrected chi connectivity index (χ4v) is 0. The van der Waals surface area contributed by atoms with Gasteiger partial charge < -0.3 is 0 Å². The summed E-state index contributed by atoms with van der Waals surface area (Å²) >= 11 is 4.27. The molecule has 0 bridgehead atoms. The zero-order valence-corrected chi connectivity index (χ0v) is 4.80. The summed E-state index contributed by atoms with van der Waals surface area (Å²) in [5, 5.41) is 1.58. The zero-order chi connectivity index (χ0) is 4.71. The Morgan fingerprint density at radius 2 is 1.40 bits per heavy atom. The van der Waals surface area contributed by atoms with Gasteiger partial charge in [-0.05, 0) is 12.3 Å². The first-order valence-electron chi connectivity index (χ1n) is 1.81. The summed E-state index contributed by atoms with van der Waals surface area (Å²) in [6, 6.07) is 0. The molecule has 0 heterocycles. The molecule has 0 amide bonds. The Labute approximate surface area is 39.2 Å². The molecule has 0 aromatic carbocycles. The van der Waals surface area contributed by atoms with Gasteiger partial charge in [0.1, 0.15) is 0 Å². The molecule has 0 aliphatic carbocycles. The number of thiocarbonyl (C=S) groups is 1. The van der Waals surface area contributed by atoms with Gasteiger partial charge in [0.25, 0.3) is 0 Å². The molecule has 1 heteroatoms. The van der Waals surface area contributed by atoms with E-state index in [0.29, 0.717) is 0 Å². The first-order valence-corrected chi connectivity index (χ1v) is 2.28. The highest BCUT2D eigenvalue weighted by Gasteiger charge is 1.19. The molecule has 0 radical (unpaired) electrons. The molecule has 32 valence electrons. The topological polar surface area (TPSA) is 0 Å². The number of rotatable bonds is 0. The van der Waals surface area contributed by atoms with E-state index in [1.54, 1.807) is 5.37 Å². The van der Waals surface area contributed by atoms with Crippen LogP contribution in [0.2, 0.25) is 0 Å². The average molecular weight is 90.2 g/mol. The van der Waals surface area contributed by atoms with E-state index in [-0.39, 0.29) is 0 Å². The van der Waals surface area contributed by atoms with Gasteiger partial charge in [-0.25, -0.2) is 0 Å². The lowest BCUT2D eigenvalue weighted by Gasteiger charge is -1.26. The van der Waals surface area contributed by atoms with Crippen LogP contribution in [0.4, 0.5) is 0 Å². The van der Waals surface area contributed by atoms with Crippen LogP contribution in [0.25, 0.3) is 0 Å². The van der Waals surface area contributed by atoms with Gasteiger partial charge >= 0.3 is 0 Å². The molecular formula is C4H10S. The maximum absolute atomic E-state index is 4.27. The van der Waals surface area contributed by atoms with Crippen molar-refractivity contribution in [1.82, 2.24) is 0 Å². The van der Waals surface area contributed by atoms with Crippen molar-refractivity contribution in [2.24, 2.45) is 0 Å². The van der Waals surface area contributed by atoms with Crippen LogP contribution in [0, 0.1) is 0 Å². The Hall–Kier alpha value is 0.0900. The van der Waals surface area contributed by atoms with E-state index in [0.717, 1.165) is 0 Å². The zero-order valence-electron chi connectivity index (χ0n) is 3.99. The molecule has 0 N–H and O–H groups in total. The van der Waals surface area contributed by atoms with Gasteiger partial charge in [-0.2, -0.15) is 0 Å². The van der Waals surface area contributed by atoms with E-state index < -0.39 is 0 Å². The quantitative estimate of drug-likeness (QED) is 0.410. The second kappa shape index (κ2) is 32.9. The summed E-state index contributed by atoms with van der Waals surface area (Å²) in [7, 11) is 0. The normalized spacial score (nSPS) is 3.80. The third-order valence-corrected chi connectivity index (χ3v) is 0. The Balaban J connectivity index is 0. The molecule has 0 atom stereocenters. The molecule has 0 aromatic rings. The van der Waals surface area contributed by atoms with Crippen LogP contribution in [0.3, 0.4) is 0 Å². The first kappa shape index (κ1) is 8.92. The Kier molecular flexibility index (Phi) is 58.6. The third-order valence-electron chi connectivity index (χ3n) is 0. The fourth-order valence-electron chi connectivity index (χ4n) is 0. The molecule has 0 saturated carbocycles. The minimum absolute atomic E-state index is 1.58. The smallest absolute Gasteiger partial charge is 0.0242 e. The van der Waals surface area contributed by atoms with Crippen molar-refractivity contribution in [3.8, 4) is 0 Å². The Morgan fingerprint density at radius 1 is 1.40 bits per heavy atom. The summed E-state index contributed by atoms with van der Waals surface area (Å²) in [6.07, 6.45) is 0. The largest absolute Gasteiger partial charge is 0.0938 e. The van der Waals surface area contributed by atoms with Crippen molar-refractivity contribution >= 4 is 17.6 Å². The van der Waals surface area contributed by atoms with E-state index in [4.69, 9.17) is 0 Å². The van der Waals surface area contributed by atoms with Crippen LogP contribution in [-0.2, 0) is 0 Å². The van der Waals surface area contributed by atoms with E-state index in [2.05, 4.69) is 12.2 Å². The molecule has 0 aliphatic rings. The molecule has 0 spiro atoms. The van der Waals surface area contributed by atoms with E-state index >= 15 is 0 Å². The standard InChI is InChI=1S/C2H4S.C2H6/c1-2-3;1-2/h2H,1H3;1-2H3. The van der Waals surface area contributed by atoms with Gasteiger partial charge in [-0.1, -0.05) is 26.1 Å². The van der Waals surface area contributed by atoms with Crippen molar-refractivity contribution in [2.75, 3.05) is 0 Å². The monoisotopic (exact) mass is 90.1 g/mol. The summed E-state index contributed by atoms with van der Waals surface area (Å²) in [4.78, 5) is 0. The molecular weight excluding hydrogens is 80.1 g/mol. The van der Waals surface area contributed by atoms with Crippen LogP contribution >= 0.6 is 12.2 Å². The highest BCUT2D eigenvalue weighted by molar-refractivity contribution is 7.78. The van der Waals surface area contributed by atoms with Crippen LogP contribution in [0.15, 0.2) is 0 Å². The van der Waals surface area contributed by atoms with Crippen LogP contribution in [0.5, 0.6) is 0 Å². The molecule has 0 fully saturated rings. The second-order valence-corrected chi connectivity index (χ2v) is 0.707. The lowest BCUT2D eigenvalue weighted by molar-refractivity contribution is 1.50. The van der Waals surface area contributed by atoms with Crippen molar-refractivity contribution in [1.29, 1.82) is 0 Å². The van der Waals surface area contributed by atoms with E-state index in [1.165, 1.54) is 0 Å². The van der Waals surface area contributed by atoms with Crippen molar-refractivity contribution < 1.29 is 0 Å². The summed E-state index contributed by atoms with van der Waals surface area (Å²) in [5.41, 5.74) is 0. The lowest BCUT2D eigenvalue weighted by atomic mass is 11.0. The highest BCUT2D eigenvalue weighted by Crippen LogP contribution is 1.32. The second-order valence-electron chi connectivity index (χ2n) is 0.236. The van der Waals surface area contributed by atoms with Crippen LogP contribution in [-0.4, -0.2) is 5.37 Å². The van der Waals surface area contributed by atoms with E-state index in [9.17, 15) is 0 Å². The maximum atomic E-state index is 4.27. The van der Waals surface area contributed by atoms with Gasteiger partial charge in [-0.3, -0.25) is 0 Å². The van der Waals surface area contributed by atoms with Gasteiger partial charge in [0.2, 0.25) is 0 Å². The minimum Gasteiger partial charge on any atom is -0.0938 e. The molecule has 0 nitrogen and oxygen atoms in total. The molecule has 0 unspecified atom stereocenters. The molecule has 5 heavy (non-hydrogen) atoms. The van der Waals surface area contributed by atoms with Crippen molar-refractivity contribution in [3.63, 3.8) is 0 Å². The predicted molar refractivity (Wildman–Crippen MR) is 30.7 cm³/mol. The molecule has 0 saturated heterocycles. The van der Waals surface area contributed by atoms with Crippen molar-refractivity contribution in [2.45, 2.75) is 20.8 Å². The summed E-state index contributed by atoms with van der Waals surface area (Å²) in [5.74, 6) is 0. The maximum Gasteiger partial charge on any atom is -0.0242 e. The average Bonchev–Trinajstić information content (AvgIpc) is 1.46. The fraction of sp³-hybridized carbons (Fsp3) is 0.750. The van der Waals surface area contributed by atoms with Gasteiger partial charge in [0.15, 0.2) is 0 Å². The molecule has 0 aromatic heterocycles.